The minimum absolute atomic E-state index is 0.658. The van der Waals surface area contributed by atoms with Gasteiger partial charge in [0.2, 0.25) is 0 Å². The number of nitrogens with one attached hydrogen (secondary N) is 1. The normalized spacial score (nSPS) is 10.6. The van der Waals surface area contributed by atoms with Crippen molar-refractivity contribution in [1.82, 2.24) is 5.32 Å². The van der Waals surface area contributed by atoms with Crippen molar-refractivity contribution < 1.29 is 4.74 Å². The maximum Gasteiger partial charge on any atom is 0.142 e. The molecule has 1 rings (SSSR count). The first-order chi connectivity index (χ1) is 8.77. The third kappa shape index (κ3) is 5.41. The average molecular weight is 250 g/mol. The van der Waals surface area contributed by atoms with Crippen molar-refractivity contribution in [2.24, 2.45) is 0 Å². The lowest BCUT2D eigenvalue weighted by atomic mass is 10.1. The van der Waals surface area contributed by atoms with E-state index < -0.39 is 0 Å². The maximum atomic E-state index is 5.94. The van der Waals surface area contributed by atoms with Crippen molar-refractivity contribution >= 4 is 5.69 Å². The standard InChI is InChI=1S/C15H26N2O/c1-3-5-10-17-11-6-7-13-8-9-15(18-4-2)14(16)12-13/h8-9,12,17H,3-7,10-11,16H2,1-2H3. The van der Waals surface area contributed by atoms with Crippen molar-refractivity contribution in [2.45, 2.75) is 39.5 Å². The molecule has 0 atom stereocenters. The number of anilines is 1. The number of rotatable bonds is 9. The number of unbranched alkanes of at least 4 members (excludes halogenated alkanes) is 1. The van der Waals surface area contributed by atoms with Gasteiger partial charge in [-0.1, -0.05) is 19.4 Å². The molecule has 0 spiro atoms. The van der Waals surface area contributed by atoms with Crippen LogP contribution in [-0.2, 0) is 6.42 Å². The van der Waals surface area contributed by atoms with Gasteiger partial charge in [-0.05, 0) is 57.0 Å². The third-order valence-electron chi connectivity index (χ3n) is 2.90. The minimum Gasteiger partial charge on any atom is -0.492 e. The van der Waals surface area contributed by atoms with Gasteiger partial charge in [0.1, 0.15) is 5.75 Å². The van der Waals surface area contributed by atoms with E-state index in [0.29, 0.717) is 6.61 Å². The largest absolute Gasteiger partial charge is 0.492 e. The number of benzene rings is 1. The summed E-state index contributed by atoms with van der Waals surface area (Å²) in [4.78, 5) is 0. The van der Waals surface area contributed by atoms with Gasteiger partial charge in [0.15, 0.2) is 0 Å². The zero-order valence-corrected chi connectivity index (χ0v) is 11.7. The van der Waals surface area contributed by atoms with Crippen LogP contribution in [0.15, 0.2) is 18.2 Å². The van der Waals surface area contributed by atoms with E-state index >= 15 is 0 Å². The van der Waals surface area contributed by atoms with Gasteiger partial charge >= 0.3 is 0 Å². The van der Waals surface area contributed by atoms with Crippen molar-refractivity contribution in [3.05, 3.63) is 23.8 Å². The summed E-state index contributed by atoms with van der Waals surface area (Å²) in [6, 6.07) is 6.10. The van der Waals surface area contributed by atoms with Crippen molar-refractivity contribution in [3.8, 4) is 5.75 Å². The van der Waals surface area contributed by atoms with E-state index in [2.05, 4.69) is 18.3 Å². The summed E-state index contributed by atoms with van der Waals surface area (Å²) in [5, 5.41) is 3.45. The Morgan fingerprint density at radius 3 is 2.61 bits per heavy atom. The Balaban J connectivity index is 2.28. The maximum absolute atomic E-state index is 5.94. The molecule has 3 nitrogen and oxygen atoms in total. The summed E-state index contributed by atoms with van der Waals surface area (Å²) in [7, 11) is 0. The summed E-state index contributed by atoms with van der Waals surface area (Å²) in [5.41, 5.74) is 7.97. The van der Waals surface area contributed by atoms with Crippen LogP contribution in [0.5, 0.6) is 5.75 Å². The van der Waals surface area contributed by atoms with Gasteiger partial charge in [-0.25, -0.2) is 0 Å². The van der Waals surface area contributed by atoms with E-state index in [9.17, 15) is 0 Å². The molecule has 0 unspecified atom stereocenters. The third-order valence-corrected chi connectivity index (χ3v) is 2.90. The molecular weight excluding hydrogens is 224 g/mol. The SMILES string of the molecule is CCCCNCCCc1ccc(OCC)c(N)c1. The van der Waals surface area contributed by atoms with Crippen LogP contribution in [0.2, 0.25) is 0 Å². The average Bonchev–Trinajstić information content (AvgIpc) is 2.37. The lowest BCUT2D eigenvalue weighted by Crippen LogP contribution is -2.16. The molecule has 0 bridgehead atoms. The molecule has 0 heterocycles. The van der Waals surface area contributed by atoms with Crippen LogP contribution in [0, 0.1) is 0 Å². The molecule has 0 amide bonds. The van der Waals surface area contributed by atoms with E-state index in [-0.39, 0.29) is 0 Å². The summed E-state index contributed by atoms with van der Waals surface area (Å²) in [6.07, 6.45) is 4.73. The molecule has 0 aliphatic carbocycles. The summed E-state index contributed by atoms with van der Waals surface area (Å²) >= 11 is 0. The topological polar surface area (TPSA) is 47.3 Å². The zero-order chi connectivity index (χ0) is 13.2. The van der Waals surface area contributed by atoms with E-state index in [1.54, 1.807) is 0 Å². The smallest absolute Gasteiger partial charge is 0.142 e. The van der Waals surface area contributed by atoms with E-state index in [4.69, 9.17) is 10.5 Å². The first-order valence-corrected chi connectivity index (χ1v) is 6.99. The monoisotopic (exact) mass is 250 g/mol. The molecule has 1 aromatic carbocycles. The van der Waals surface area contributed by atoms with Gasteiger partial charge in [-0.2, -0.15) is 0 Å². The Kier molecular flexibility index (Phi) is 7.26. The lowest BCUT2D eigenvalue weighted by Gasteiger charge is -2.09. The number of aryl methyl sites for hydroxylation is 1. The van der Waals surface area contributed by atoms with Crippen molar-refractivity contribution in [2.75, 3.05) is 25.4 Å². The van der Waals surface area contributed by atoms with Gasteiger partial charge in [0.25, 0.3) is 0 Å². The first-order valence-electron chi connectivity index (χ1n) is 6.99. The first kappa shape index (κ1) is 14.8. The molecule has 0 radical (unpaired) electrons. The summed E-state index contributed by atoms with van der Waals surface area (Å²) in [6.45, 7) is 7.04. The molecule has 0 saturated heterocycles. The van der Waals surface area contributed by atoms with Crippen LogP contribution < -0.4 is 15.8 Å². The fraction of sp³-hybridized carbons (Fsp3) is 0.600. The second kappa shape index (κ2) is 8.81. The highest BCUT2D eigenvalue weighted by Crippen LogP contribution is 2.22. The molecule has 18 heavy (non-hydrogen) atoms. The molecule has 0 fully saturated rings. The Morgan fingerprint density at radius 1 is 1.17 bits per heavy atom. The molecule has 0 saturated carbocycles. The highest BCUT2D eigenvalue weighted by Gasteiger charge is 2.01. The second-order valence-electron chi connectivity index (χ2n) is 4.51. The van der Waals surface area contributed by atoms with Gasteiger partial charge < -0.3 is 15.8 Å². The Labute approximate surface area is 111 Å². The van der Waals surface area contributed by atoms with Crippen molar-refractivity contribution in [3.63, 3.8) is 0 Å². The summed E-state index contributed by atoms with van der Waals surface area (Å²) < 4.78 is 5.42. The molecule has 0 aliphatic rings. The van der Waals surface area contributed by atoms with E-state index in [1.807, 2.05) is 19.1 Å². The Hall–Kier alpha value is -1.22. The highest BCUT2D eigenvalue weighted by molar-refractivity contribution is 5.54. The Morgan fingerprint density at radius 2 is 1.94 bits per heavy atom. The molecule has 0 aliphatic heterocycles. The second-order valence-corrected chi connectivity index (χ2v) is 4.51. The van der Waals surface area contributed by atoms with Gasteiger partial charge in [0.05, 0.1) is 12.3 Å². The van der Waals surface area contributed by atoms with Gasteiger partial charge in [-0.15, -0.1) is 0 Å². The minimum atomic E-state index is 0.658. The Bertz CT molecular complexity index is 339. The number of hydrogen-bond donors (Lipinski definition) is 2. The van der Waals surface area contributed by atoms with Crippen LogP contribution in [0.25, 0.3) is 0 Å². The fourth-order valence-corrected chi connectivity index (χ4v) is 1.88. The van der Waals surface area contributed by atoms with E-state index in [1.165, 1.54) is 18.4 Å². The lowest BCUT2D eigenvalue weighted by molar-refractivity contribution is 0.342. The number of hydrogen-bond acceptors (Lipinski definition) is 3. The van der Waals surface area contributed by atoms with Gasteiger partial charge in [0, 0.05) is 0 Å². The zero-order valence-electron chi connectivity index (χ0n) is 11.7. The number of ether oxygens (including phenoxy) is 1. The van der Waals surface area contributed by atoms with Crippen LogP contribution in [0.4, 0.5) is 5.69 Å². The highest BCUT2D eigenvalue weighted by atomic mass is 16.5. The fourth-order valence-electron chi connectivity index (χ4n) is 1.88. The van der Waals surface area contributed by atoms with Crippen LogP contribution in [0.1, 0.15) is 38.7 Å². The molecule has 102 valence electrons. The summed E-state index contributed by atoms with van der Waals surface area (Å²) in [5.74, 6) is 0.794. The van der Waals surface area contributed by atoms with Crippen LogP contribution in [0.3, 0.4) is 0 Å². The number of nitrogens with two attached hydrogens (primary N) is 1. The van der Waals surface area contributed by atoms with Crippen molar-refractivity contribution in [1.29, 1.82) is 0 Å². The molecule has 3 N–H and O–H groups in total. The molecular formula is C15H26N2O. The molecule has 0 aromatic heterocycles. The van der Waals surface area contributed by atoms with Crippen LogP contribution >= 0.6 is 0 Å². The van der Waals surface area contributed by atoms with Gasteiger partial charge in [-0.3, -0.25) is 0 Å². The molecule has 3 heteroatoms. The quantitative estimate of drug-likeness (QED) is 0.523. The number of nitrogen functional groups attached to an aromatic ring is 1. The predicted molar refractivity (Wildman–Crippen MR) is 78.1 cm³/mol. The van der Waals surface area contributed by atoms with E-state index in [0.717, 1.165) is 37.4 Å². The van der Waals surface area contributed by atoms with Crippen LogP contribution in [-0.4, -0.2) is 19.7 Å². The predicted octanol–water partition coefficient (Wildman–Crippen LogP) is 2.99. The molecule has 1 aromatic rings.